The van der Waals surface area contributed by atoms with Gasteiger partial charge in [-0.05, 0) is 18.3 Å². The Kier molecular flexibility index (Phi) is 2.24. The molecule has 0 unspecified atom stereocenters. The third-order valence-electron chi connectivity index (χ3n) is 4.38. The van der Waals surface area contributed by atoms with E-state index < -0.39 is 0 Å². The highest BCUT2D eigenvalue weighted by Crippen LogP contribution is 2.53. The van der Waals surface area contributed by atoms with E-state index in [1.807, 2.05) is 12.2 Å². The molecule has 7 heteroatoms. The molecule has 1 saturated carbocycles. The van der Waals surface area contributed by atoms with Crippen LogP contribution >= 0.6 is 24.0 Å². The first-order valence-corrected chi connectivity index (χ1v) is 7.54. The smallest absolute Gasteiger partial charge is 0.258 e. The van der Waals surface area contributed by atoms with E-state index in [4.69, 9.17) is 12.2 Å². The molecule has 0 N–H and O–H groups in total. The third-order valence-corrected chi connectivity index (χ3v) is 5.71. The second-order valence-electron chi connectivity index (χ2n) is 5.25. The summed E-state index contributed by atoms with van der Waals surface area (Å²) in [4.78, 5) is 36.8. The van der Waals surface area contributed by atoms with Crippen molar-refractivity contribution in [3.05, 3.63) is 12.2 Å². The first-order chi connectivity index (χ1) is 9.09. The lowest BCUT2D eigenvalue weighted by atomic mass is 9.85. The van der Waals surface area contributed by atoms with Crippen LogP contribution in [0.25, 0.3) is 0 Å². The van der Waals surface area contributed by atoms with Crippen molar-refractivity contribution in [2.75, 3.05) is 5.75 Å². The van der Waals surface area contributed by atoms with Gasteiger partial charge in [0.1, 0.15) is 0 Å². The van der Waals surface area contributed by atoms with Gasteiger partial charge >= 0.3 is 0 Å². The molecule has 19 heavy (non-hydrogen) atoms. The van der Waals surface area contributed by atoms with Gasteiger partial charge in [0, 0.05) is 0 Å². The number of rotatable bonds is 1. The molecule has 98 valence electrons. The molecule has 4 aliphatic rings. The number of thiocarbonyl (C=S) groups is 1. The molecule has 2 bridgehead atoms. The van der Waals surface area contributed by atoms with E-state index in [2.05, 4.69) is 0 Å². The van der Waals surface area contributed by atoms with Crippen LogP contribution in [0.1, 0.15) is 6.42 Å². The Hall–Kier alpha value is -1.21. The molecule has 0 aromatic carbocycles. The van der Waals surface area contributed by atoms with Crippen molar-refractivity contribution in [3.8, 4) is 0 Å². The zero-order chi connectivity index (χ0) is 13.3. The number of hydrogen-bond donors (Lipinski definition) is 0. The largest absolute Gasteiger partial charge is 0.272 e. The Morgan fingerprint density at radius 1 is 1.05 bits per heavy atom. The summed E-state index contributed by atoms with van der Waals surface area (Å²) in [6.45, 7) is 0. The van der Waals surface area contributed by atoms with E-state index in [9.17, 15) is 14.4 Å². The van der Waals surface area contributed by atoms with Crippen molar-refractivity contribution in [3.63, 3.8) is 0 Å². The molecule has 4 rings (SSSR count). The van der Waals surface area contributed by atoms with E-state index in [-0.39, 0.29) is 47.1 Å². The Bertz CT molecular complexity index is 527. The molecule has 5 nitrogen and oxygen atoms in total. The molecule has 2 heterocycles. The molecule has 3 amide bonds. The van der Waals surface area contributed by atoms with Crippen LogP contribution in [-0.2, 0) is 14.4 Å². The van der Waals surface area contributed by atoms with Crippen molar-refractivity contribution in [2.45, 2.75) is 6.42 Å². The summed E-state index contributed by atoms with van der Waals surface area (Å²) < 4.78 is 0.298. The summed E-state index contributed by atoms with van der Waals surface area (Å²) in [6, 6.07) is 0. The number of fused-ring (bicyclic) bond motifs is 5. The fraction of sp³-hybridized carbons (Fsp3) is 0.500. The van der Waals surface area contributed by atoms with Crippen LogP contribution in [0.3, 0.4) is 0 Å². The summed E-state index contributed by atoms with van der Waals surface area (Å²) >= 11 is 6.27. The number of thioether (sulfide) groups is 1. The van der Waals surface area contributed by atoms with Gasteiger partial charge in [0.15, 0.2) is 4.32 Å². The number of allylic oxidation sites excluding steroid dienone is 2. The summed E-state index contributed by atoms with van der Waals surface area (Å²) in [5.74, 6) is -0.874. The minimum atomic E-state index is -0.288. The summed E-state index contributed by atoms with van der Waals surface area (Å²) in [5, 5.41) is 2.11. The van der Waals surface area contributed by atoms with Crippen LogP contribution in [-0.4, -0.2) is 37.8 Å². The van der Waals surface area contributed by atoms with Gasteiger partial charge in [0.2, 0.25) is 0 Å². The van der Waals surface area contributed by atoms with Gasteiger partial charge in [-0.15, -0.1) is 0 Å². The van der Waals surface area contributed by atoms with Crippen LogP contribution in [0.2, 0.25) is 0 Å². The van der Waals surface area contributed by atoms with Gasteiger partial charge in [-0.2, -0.15) is 10.0 Å². The van der Waals surface area contributed by atoms with Crippen LogP contribution in [0.5, 0.6) is 0 Å². The average molecular weight is 294 g/mol. The molecule has 2 saturated heterocycles. The molecular formula is C12H10N2O3S2. The van der Waals surface area contributed by atoms with E-state index in [0.29, 0.717) is 4.32 Å². The molecule has 0 spiro atoms. The normalized spacial score (nSPS) is 40.0. The SMILES string of the molecule is O=C1CSC(=S)N1N1C(=O)[C@@H]2[C@H](C1=O)[C@@H]1C=C[C@@H]2C1. The van der Waals surface area contributed by atoms with Crippen molar-refractivity contribution in [1.82, 2.24) is 10.0 Å². The lowest BCUT2D eigenvalue weighted by Crippen LogP contribution is -2.50. The highest BCUT2D eigenvalue weighted by Gasteiger charge is 2.61. The monoisotopic (exact) mass is 294 g/mol. The van der Waals surface area contributed by atoms with Crippen molar-refractivity contribution in [1.29, 1.82) is 0 Å². The summed E-state index contributed by atoms with van der Waals surface area (Å²) in [5.41, 5.74) is 0. The van der Waals surface area contributed by atoms with Crippen LogP contribution in [0.4, 0.5) is 0 Å². The van der Waals surface area contributed by atoms with E-state index in [1.54, 1.807) is 0 Å². The maximum absolute atomic E-state index is 12.5. The Balaban J connectivity index is 1.73. The number of imide groups is 1. The van der Waals surface area contributed by atoms with Crippen molar-refractivity contribution < 1.29 is 14.4 Å². The molecule has 2 aliphatic heterocycles. The lowest BCUT2D eigenvalue weighted by molar-refractivity contribution is -0.160. The first-order valence-electron chi connectivity index (χ1n) is 6.15. The van der Waals surface area contributed by atoms with Gasteiger partial charge in [0.25, 0.3) is 17.7 Å². The maximum atomic E-state index is 12.5. The molecule has 0 aromatic heterocycles. The van der Waals surface area contributed by atoms with E-state index in [0.717, 1.165) is 16.4 Å². The van der Waals surface area contributed by atoms with Crippen molar-refractivity contribution >= 4 is 46.0 Å². The predicted molar refractivity (Wildman–Crippen MR) is 71.5 cm³/mol. The van der Waals surface area contributed by atoms with Gasteiger partial charge in [-0.1, -0.05) is 36.1 Å². The fourth-order valence-corrected chi connectivity index (χ4v) is 4.66. The summed E-state index contributed by atoms with van der Waals surface area (Å²) in [6.07, 6.45) is 4.94. The number of carbonyl (C=O) groups excluding carboxylic acids is 3. The van der Waals surface area contributed by atoms with Crippen LogP contribution in [0.15, 0.2) is 12.2 Å². The predicted octanol–water partition coefficient (Wildman–Crippen LogP) is 0.569. The van der Waals surface area contributed by atoms with Gasteiger partial charge < -0.3 is 0 Å². The molecule has 3 fully saturated rings. The molecule has 2 aliphatic carbocycles. The number of carbonyl (C=O) groups is 3. The zero-order valence-corrected chi connectivity index (χ0v) is 11.4. The maximum Gasteiger partial charge on any atom is 0.258 e. The van der Waals surface area contributed by atoms with Crippen molar-refractivity contribution in [2.24, 2.45) is 23.7 Å². The Morgan fingerprint density at radius 2 is 1.63 bits per heavy atom. The molecule has 0 aromatic rings. The first kappa shape index (κ1) is 11.6. The van der Waals surface area contributed by atoms with E-state index >= 15 is 0 Å². The number of hydrazine groups is 1. The highest BCUT2D eigenvalue weighted by molar-refractivity contribution is 8.23. The van der Waals surface area contributed by atoms with Gasteiger partial charge in [-0.3, -0.25) is 14.4 Å². The molecule has 0 radical (unpaired) electrons. The number of amides is 3. The van der Waals surface area contributed by atoms with E-state index in [1.165, 1.54) is 11.8 Å². The second kappa shape index (κ2) is 3.67. The number of hydrogen-bond acceptors (Lipinski definition) is 5. The standard InChI is InChI=1S/C12H10N2O3S2/c15-7-4-19-12(18)13(7)14-10(16)8-5-1-2-6(3-5)9(8)11(14)17/h1-2,5-6,8-9H,3-4H2/t5-,6-,8-,9+/m1/s1. The third kappa shape index (κ3) is 1.32. The highest BCUT2D eigenvalue weighted by atomic mass is 32.2. The minimum absolute atomic E-state index is 0.148. The number of nitrogens with zero attached hydrogens (tertiary/aromatic N) is 2. The minimum Gasteiger partial charge on any atom is -0.272 e. The fourth-order valence-electron chi connectivity index (χ4n) is 3.62. The van der Waals surface area contributed by atoms with Crippen LogP contribution in [0, 0.1) is 23.7 Å². The van der Waals surface area contributed by atoms with Gasteiger partial charge in [0.05, 0.1) is 17.6 Å². The second-order valence-corrected chi connectivity index (χ2v) is 6.86. The Labute approximate surface area is 118 Å². The quantitative estimate of drug-likeness (QED) is 0.402. The van der Waals surface area contributed by atoms with Crippen LogP contribution < -0.4 is 0 Å². The average Bonchev–Trinajstić information content (AvgIpc) is 3.10. The lowest BCUT2D eigenvalue weighted by Gasteiger charge is -2.25. The zero-order valence-electron chi connectivity index (χ0n) is 9.81. The topological polar surface area (TPSA) is 57.7 Å². The molecule has 4 atom stereocenters. The van der Waals surface area contributed by atoms with Gasteiger partial charge in [-0.25, -0.2) is 0 Å². The summed E-state index contributed by atoms with van der Waals surface area (Å²) in [7, 11) is 0. The molecular weight excluding hydrogens is 284 g/mol. The Morgan fingerprint density at radius 3 is 2.11 bits per heavy atom.